The van der Waals surface area contributed by atoms with E-state index < -0.39 is 0 Å². The van der Waals surface area contributed by atoms with Crippen molar-refractivity contribution in [1.82, 2.24) is 9.80 Å². The van der Waals surface area contributed by atoms with Crippen molar-refractivity contribution in [2.24, 2.45) is 0 Å². The average molecular weight is 475 g/mol. The van der Waals surface area contributed by atoms with Crippen LogP contribution in [0.3, 0.4) is 0 Å². The maximum absolute atomic E-state index is 12.9. The lowest BCUT2D eigenvalue weighted by Gasteiger charge is -2.23. The highest BCUT2D eigenvalue weighted by atomic mass is 79.9. The lowest BCUT2D eigenvalue weighted by molar-refractivity contribution is -0.131. The van der Waals surface area contributed by atoms with Crippen LogP contribution >= 0.6 is 15.9 Å². The minimum Gasteiger partial charge on any atom is -0.496 e. The summed E-state index contributed by atoms with van der Waals surface area (Å²) in [6.45, 7) is 2.87. The minimum absolute atomic E-state index is 0.0517. The van der Waals surface area contributed by atoms with Gasteiger partial charge in [-0.15, -0.1) is 0 Å². The number of carbonyl (C=O) groups excluding carboxylic acids is 2. The third kappa shape index (κ3) is 5.98. The van der Waals surface area contributed by atoms with Gasteiger partial charge >= 0.3 is 0 Å². The number of hydrogen-bond acceptors (Lipinski definition) is 4. The molecule has 0 radical (unpaired) electrons. The van der Waals surface area contributed by atoms with Crippen molar-refractivity contribution in [3.63, 3.8) is 0 Å². The van der Waals surface area contributed by atoms with E-state index in [9.17, 15) is 9.59 Å². The predicted octanol–water partition coefficient (Wildman–Crippen LogP) is 3.99. The summed E-state index contributed by atoms with van der Waals surface area (Å²) < 4.78 is 12.0. The molecular weight excluding hydrogens is 448 g/mol. The summed E-state index contributed by atoms with van der Waals surface area (Å²) in [7, 11) is 1.56. The Kier molecular flexibility index (Phi) is 8.13. The highest BCUT2D eigenvalue weighted by Gasteiger charge is 2.24. The summed E-state index contributed by atoms with van der Waals surface area (Å²) in [5.41, 5.74) is 0.560. The standard InChI is InChI=1S/C23H27BrN2O4/c1-29-21-10-3-2-9-20(21)23(28)26-13-6-12-25(14-15-26)22(27)11-5-16-30-19-8-4-7-18(24)17-19/h2-4,7-10,17H,5-6,11-16H2,1H3. The molecule has 1 aliphatic heterocycles. The Hall–Kier alpha value is -2.54. The second-order valence-electron chi connectivity index (χ2n) is 7.14. The number of benzene rings is 2. The largest absolute Gasteiger partial charge is 0.496 e. The molecule has 30 heavy (non-hydrogen) atoms. The van der Waals surface area contributed by atoms with Crippen LogP contribution in [0.25, 0.3) is 0 Å². The van der Waals surface area contributed by atoms with Crippen molar-refractivity contribution in [2.75, 3.05) is 39.9 Å². The van der Waals surface area contributed by atoms with Crippen LogP contribution < -0.4 is 9.47 Å². The molecule has 6 nitrogen and oxygen atoms in total. The van der Waals surface area contributed by atoms with Crippen LogP contribution in [0, 0.1) is 0 Å². The Morgan fingerprint density at radius 3 is 2.57 bits per heavy atom. The van der Waals surface area contributed by atoms with Gasteiger partial charge in [-0.05, 0) is 43.2 Å². The number of carbonyl (C=O) groups is 2. The van der Waals surface area contributed by atoms with Crippen LogP contribution in [0.2, 0.25) is 0 Å². The fourth-order valence-electron chi connectivity index (χ4n) is 3.49. The van der Waals surface area contributed by atoms with E-state index in [4.69, 9.17) is 9.47 Å². The van der Waals surface area contributed by atoms with Crippen molar-refractivity contribution < 1.29 is 19.1 Å². The summed E-state index contributed by atoms with van der Waals surface area (Å²) in [5, 5.41) is 0. The van der Waals surface area contributed by atoms with Gasteiger partial charge in [-0.2, -0.15) is 0 Å². The molecule has 1 aliphatic rings. The molecule has 0 atom stereocenters. The Balaban J connectivity index is 1.46. The van der Waals surface area contributed by atoms with Crippen molar-refractivity contribution in [1.29, 1.82) is 0 Å². The van der Waals surface area contributed by atoms with Gasteiger partial charge in [-0.25, -0.2) is 0 Å². The zero-order valence-corrected chi connectivity index (χ0v) is 18.8. The SMILES string of the molecule is COc1ccccc1C(=O)N1CCCN(C(=O)CCCOc2cccc(Br)c2)CC1. The van der Waals surface area contributed by atoms with Crippen molar-refractivity contribution in [3.05, 3.63) is 58.6 Å². The van der Waals surface area contributed by atoms with Gasteiger partial charge < -0.3 is 19.3 Å². The predicted molar refractivity (Wildman–Crippen MR) is 119 cm³/mol. The zero-order valence-electron chi connectivity index (χ0n) is 17.2. The Bertz CT molecular complexity index is 874. The molecule has 0 spiro atoms. The summed E-state index contributed by atoms with van der Waals surface area (Å²) in [6.07, 6.45) is 1.86. The second kappa shape index (κ2) is 11.0. The molecular formula is C23H27BrN2O4. The first-order chi connectivity index (χ1) is 14.6. The summed E-state index contributed by atoms with van der Waals surface area (Å²) in [6, 6.07) is 14.9. The first-order valence-electron chi connectivity index (χ1n) is 10.2. The fourth-order valence-corrected chi connectivity index (χ4v) is 3.87. The molecule has 3 rings (SSSR count). The van der Waals surface area contributed by atoms with E-state index in [0.29, 0.717) is 56.9 Å². The van der Waals surface area contributed by atoms with Gasteiger partial charge in [-0.3, -0.25) is 9.59 Å². The van der Waals surface area contributed by atoms with E-state index in [1.807, 2.05) is 46.2 Å². The van der Waals surface area contributed by atoms with Gasteiger partial charge in [0.1, 0.15) is 11.5 Å². The van der Waals surface area contributed by atoms with Crippen LogP contribution in [0.1, 0.15) is 29.6 Å². The van der Waals surface area contributed by atoms with Crippen LogP contribution in [0.4, 0.5) is 0 Å². The molecule has 2 aromatic rings. The van der Waals surface area contributed by atoms with Gasteiger partial charge in [0.25, 0.3) is 5.91 Å². The molecule has 1 heterocycles. The summed E-state index contributed by atoms with van der Waals surface area (Å²) in [4.78, 5) is 29.2. The molecule has 1 saturated heterocycles. The van der Waals surface area contributed by atoms with E-state index in [2.05, 4.69) is 15.9 Å². The normalized spacial score (nSPS) is 14.2. The molecule has 2 amide bonds. The molecule has 0 saturated carbocycles. The number of nitrogens with zero attached hydrogens (tertiary/aromatic N) is 2. The van der Waals surface area contributed by atoms with Gasteiger partial charge in [0, 0.05) is 37.1 Å². The third-order valence-corrected chi connectivity index (χ3v) is 5.57. The Morgan fingerprint density at radius 1 is 1.00 bits per heavy atom. The average Bonchev–Trinajstić information content (AvgIpc) is 3.02. The number of hydrogen-bond donors (Lipinski definition) is 0. The number of rotatable bonds is 7. The molecule has 1 fully saturated rings. The molecule has 0 aromatic heterocycles. The van der Waals surface area contributed by atoms with E-state index >= 15 is 0 Å². The number of methoxy groups -OCH3 is 1. The molecule has 160 valence electrons. The summed E-state index contributed by atoms with van der Waals surface area (Å²) >= 11 is 3.42. The van der Waals surface area contributed by atoms with E-state index in [-0.39, 0.29) is 11.8 Å². The second-order valence-corrected chi connectivity index (χ2v) is 8.05. The van der Waals surface area contributed by atoms with Crippen LogP contribution in [0.5, 0.6) is 11.5 Å². The molecule has 0 aliphatic carbocycles. The van der Waals surface area contributed by atoms with Gasteiger partial charge in [0.05, 0.1) is 19.3 Å². The maximum Gasteiger partial charge on any atom is 0.257 e. The molecule has 2 aromatic carbocycles. The first-order valence-corrected chi connectivity index (χ1v) is 11.0. The van der Waals surface area contributed by atoms with Crippen molar-refractivity contribution >= 4 is 27.7 Å². The lowest BCUT2D eigenvalue weighted by Crippen LogP contribution is -2.37. The number of halogens is 1. The van der Waals surface area contributed by atoms with E-state index in [1.54, 1.807) is 19.2 Å². The maximum atomic E-state index is 12.9. The van der Waals surface area contributed by atoms with Crippen molar-refractivity contribution in [3.8, 4) is 11.5 Å². The number of para-hydroxylation sites is 1. The van der Waals surface area contributed by atoms with Gasteiger partial charge in [-0.1, -0.05) is 34.1 Å². The fraction of sp³-hybridized carbons (Fsp3) is 0.391. The van der Waals surface area contributed by atoms with E-state index in [1.165, 1.54) is 0 Å². The number of ether oxygens (including phenoxy) is 2. The molecule has 7 heteroatoms. The smallest absolute Gasteiger partial charge is 0.257 e. The number of amides is 2. The first kappa shape index (κ1) is 22.2. The van der Waals surface area contributed by atoms with Crippen LogP contribution in [-0.4, -0.2) is 61.5 Å². The summed E-state index contributed by atoms with van der Waals surface area (Å²) in [5.74, 6) is 1.42. The molecule has 0 bridgehead atoms. The monoisotopic (exact) mass is 474 g/mol. The van der Waals surface area contributed by atoms with Crippen LogP contribution in [0.15, 0.2) is 53.0 Å². The topological polar surface area (TPSA) is 59.1 Å². The highest BCUT2D eigenvalue weighted by Crippen LogP contribution is 2.21. The van der Waals surface area contributed by atoms with Gasteiger partial charge in [0.15, 0.2) is 0 Å². The van der Waals surface area contributed by atoms with Crippen LogP contribution in [-0.2, 0) is 4.79 Å². The third-order valence-electron chi connectivity index (χ3n) is 5.07. The minimum atomic E-state index is -0.0517. The molecule has 0 unspecified atom stereocenters. The Morgan fingerprint density at radius 2 is 1.77 bits per heavy atom. The highest BCUT2D eigenvalue weighted by molar-refractivity contribution is 9.10. The van der Waals surface area contributed by atoms with Crippen molar-refractivity contribution in [2.45, 2.75) is 19.3 Å². The Labute approximate surface area is 185 Å². The zero-order chi connectivity index (χ0) is 21.3. The lowest BCUT2D eigenvalue weighted by atomic mass is 10.1. The molecule has 0 N–H and O–H groups in total. The quantitative estimate of drug-likeness (QED) is 0.569. The van der Waals surface area contributed by atoms with Gasteiger partial charge in [0.2, 0.25) is 5.91 Å². The van der Waals surface area contributed by atoms with E-state index in [0.717, 1.165) is 16.6 Å².